The minimum atomic E-state index is -1.00. The van der Waals surface area contributed by atoms with Crippen LogP contribution in [-0.4, -0.2) is 34.1 Å². The Labute approximate surface area is 243 Å². The second kappa shape index (κ2) is 11.2. The third kappa shape index (κ3) is 5.21. The Morgan fingerprint density at radius 1 is 1.05 bits per heavy atom. The molecule has 0 radical (unpaired) electrons. The van der Waals surface area contributed by atoms with Gasteiger partial charge < -0.3 is 19.0 Å². The van der Waals surface area contributed by atoms with E-state index in [2.05, 4.69) is 5.10 Å². The zero-order valence-corrected chi connectivity index (χ0v) is 22.9. The number of halogens is 1. The predicted octanol–water partition coefficient (Wildman–Crippen LogP) is 6.63. The van der Waals surface area contributed by atoms with Gasteiger partial charge in [-0.1, -0.05) is 41.9 Å². The predicted molar refractivity (Wildman–Crippen MR) is 160 cm³/mol. The first-order valence-corrected chi connectivity index (χ1v) is 13.2. The molecule has 0 atom stereocenters. The Kier molecular flexibility index (Phi) is 7.16. The molecule has 0 saturated carbocycles. The molecule has 2 aromatic heterocycles. The maximum atomic E-state index is 13.7. The van der Waals surface area contributed by atoms with Gasteiger partial charge in [-0.2, -0.15) is 9.78 Å². The Morgan fingerprint density at radius 2 is 1.86 bits per heavy atom. The highest BCUT2D eigenvalue weighted by atomic mass is 35.5. The van der Waals surface area contributed by atoms with Crippen molar-refractivity contribution < 1.29 is 23.8 Å². The normalized spacial score (nSPS) is 11.4. The highest BCUT2D eigenvalue weighted by Crippen LogP contribution is 2.32. The molecular formula is C32H22ClN3O6. The number of para-hydroxylation sites is 2. The summed E-state index contributed by atoms with van der Waals surface area (Å²) in [6.45, 7) is 0.144. The minimum Gasteiger partial charge on any atom is -0.493 e. The number of carbonyl (C=O) groups is 1. The van der Waals surface area contributed by atoms with E-state index >= 15 is 0 Å². The zero-order valence-electron chi connectivity index (χ0n) is 22.2. The SMILES string of the molecule is COc1cccc(C=Nn2c(-c3cc4cc(Cl)ccc4o3)nc3ccccc3c2=O)c1OCc1ccc(C(=O)O)cc1. The number of ether oxygens (including phenoxy) is 2. The first-order chi connectivity index (χ1) is 20.4. The molecule has 9 nitrogen and oxygen atoms in total. The highest BCUT2D eigenvalue weighted by molar-refractivity contribution is 6.31. The van der Waals surface area contributed by atoms with E-state index in [0.717, 1.165) is 10.9 Å². The first-order valence-electron chi connectivity index (χ1n) is 12.8. The van der Waals surface area contributed by atoms with Crippen molar-refractivity contribution >= 4 is 45.7 Å². The van der Waals surface area contributed by atoms with Crippen LogP contribution in [0.25, 0.3) is 33.5 Å². The summed E-state index contributed by atoms with van der Waals surface area (Å²) in [4.78, 5) is 29.5. The number of hydrogen-bond donors (Lipinski definition) is 1. The second-order valence-corrected chi connectivity index (χ2v) is 9.71. The Bertz CT molecular complexity index is 2050. The Morgan fingerprint density at radius 3 is 2.64 bits per heavy atom. The minimum absolute atomic E-state index is 0.144. The lowest BCUT2D eigenvalue weighted by atomic mass is 10.1. The molecule has 2 heterocycles. The molecule has 0 fully saturated rings. The molecule has 0 saturated heterocycles. The topological polar surface area (TPSA) is 116 Å². The monoisotopic (exact) mass is 579 g/mol. The molecule has 0 aliphatic heterocycles. The van der Waals surface area contributed by atoms with E-state index in [4.69, 9.17) is 35.6 Å². The summed E-state index contributed by atoms with van der Waals surface area (Å²) >= 11 is 6.17. The summed E-state index contributed by atoms with van der Waals surface area (Å²) in [6, 6.07) is 25.7. The molecule has 208 valence electrons. The lowest BCUT2D eigenvalue weighted by Crippen LogP contribution is -2.20. The third-order valence-corrected chi connectivity index (χ3v) is 6.81. The van der Waals surface area contributed by atoms with Gasteiger partial charge in [0.2, 0.25) is 5.82 Å². The largest absolute Gasteiger partial charge is 0.493 e. The van der Waals surface area contributed by atoms with Crippen molar-refractivity contribution in [1.82, 2.24) is 9.66 Å². The van der Waals surface area contributed by atoms with E-state index in [1.165, 1.54) is 30.1 Å². The standard InChI is InChI=1S/C32H22ClN3O6/c1-40-27-8-4-5-21(29(27)41-18-19-9-11-20(12-10-19)32(38)39)17-34-36-30(35-25-7-3-2-6-24(25)31(36)37)28-16-22-15-23(33)13-14-26(22)42-28/h2-17H,18H2,1H3,(H,38,39). The number of hydrogen-bond acceptors (Lipinski definition) is 7. The van der Waals surface area contributed by atoms with E-state index in [-0.39, 0.29) is 23.6 Å². The van der Waals surface area contributed by atoms with Gasteiger partial charge in [0.25, 0.3) is 5.56 Å². The highest BCUT2D eigenvalue weighted by Gasteiger charge is 2.17. The molecule has 0 unspecified atom stereocenters. The van der Waals surface area contributed by atoms with Crippen LogP contribution in [0, 0.1) is 0 Å². The Hall–Kier alpha value is -5.41. The summed E-state index contributed by atoms with van der Waals surface area (Å²) in [7, 11) is 1.52. The van der Waals surface area contributed by atoms with Crippen molar-refractivity contribution in [1.29, 1.82) is 0 Å². The number of rotatable bonds is 8. The van der Waals surface area contributed by atoms with E-state index in [0.29, 0.717) is 44.3 Å². The first kappa shape index (κ1) is 26.8. The van der Waals surface area contributed by atoms with Crippen molar-refractivity contribution in [3.05, 3.63) is 123 Å². The fourth-order valence-corrected chi connectivity index (χ4v) is 4.66. The van der Waals surface area contributed by atoms with Crippen molar-refractivity contribution in [2.45, 2.75) is 6.61 Å². The van der Waals surface area contributed by atoms with E-state index < -0.39 is 5.97 Å². The molecule has 6 rings (SSSR count). The van der Waals surface area contributed by atoms with Gasteiger partial charge in [0.05, 0.1) is 29.8 Å². The van der Waals surface area contributed by atoms with Crippen LogP contribution in [0.15, 0.2) is 105 Å². The summed E-state index contributed by atoms with van der Waals surface area (Å²) in [5.41, 5.74) is 2.19. The average Bonchev–Trinajstić information content (AvgIpc) is 3.43. The number of benzene rings is 4. The van der Waals surface area contributed by atoms with Crippen LogP contribution in [0.2, 0.25) is 5.02 Å². The average molecular weight is 580 g/mol. The molecule has 0 spiro atoms. The van der Waals surface area contributed by atoms with Gasteiger partial charge in [0.1, 0.15) is 12.2 Å². The number of fused-ring (bicyclic) bond motifs is 2. The second-order valence-electron chi connectivity index (χ2n) is 9.28. The number of carboxylic acids is 1. The zero-order chi connectivity index (χ0) is 29.2. The van der Waals surface area contributed by atoms with E-state index in [9.17, 15) is 9.59 Å². The van der Waals surface area contributed by atoms with E-state index in [1.54, 1.807) is 78.9 Å². The van der Waals surface area contributed by atoms with Crippen LogP contribution in [0.3, 0.4) is 0 Å². The van der Waals surface area contributed by atoms with Gasteiger partial charge in [-0.05, 0) is 66.2 Å². The number of methoxy groups -OCH3 is 1. The van der Waals surface area contributed by atoms with Crippen LogP contribution < -0.4 is 15.0 Å². The van der Waals surface area contributed by atoms with Gasteiger partial charge >= 0.3 is 5.97 Å². The van der Waals surface area contributed by atoms with Crippen molar-refractivity contribution in [2.24, 2.45) is 5.10 Å². The van der Waals surface area contributed by atoms with Gasteiger partial charge in [-0.25, -0.2) is 9.78 Å². The molecule has 6 aromatic rings. The number of aromatic carboxylic acids is 1. The molecular weight excluding hydrogens is 558 g/mol. The quantitative estimate of drug-likeness (QED) is 0.201. The van der Waals surface area contributed by atoms with Crippen molar-refractivity contribution in [2.75, 3.05) is 7.11 Å². The molecule has 0 aliphatic rings. The van der Waals surface area contributed by atoms with Crippen molar-refractivity contribution in [3.8, 4) is 23.1 Å². The van der Waals surface area contributed by atoms with Gasteiger partial charge in [0, 0.05) is 16.0 Å². The van der Waals surface area contributed by atoms with Crippen LogP contribution >= 0.6 is 11.6 Å². The van der Waals surface area contributed by atoms with Gasteiger partial charge in [-0.3, -0.25) is 4.79 Å². The fourth-order valence-electron chi connectivity index (χ4n) is 4.48. The Balaban J connectivity index is 1.42. The van der Waals surface area contributed by atoms with Crippen LogP contribution in [-0.2, 0) is 6.61 Å². The molecule has 10 heteroatoms. The van der Waals surface area contributed by atoms with Crippen LogP contribution in [0.1, 0.15) is 21.5 Å². The lowest BCUT2D eigenvalue weighted by Gasteiger charge is -2.13. The maximum Gasteiger partial charge on any atom is 0.335 e. The smallest absolute Gasteiger partial charge is 0.335 e. The molecule has 4 aromatic carbocycles. The summed E-state index contributed by atoms with van der Waals surface area (Å²) in [5.74, 6) is 0.410. The van der Waals surface area contributed by atoms with Gasteiger partial charge in [0.15, 0.2) is 17.3 Å². The van der Waals surface area contributed by atoms with Crippen LogP contribution in [0.4, 0.5) is 0 Å². The number of carboxylic acid groups (broad SMARTS) is 1. The maximum absolute atomic E-state index is 13.7. The van der Waals surface area contributed by atoms with Crippen molar-refractivity contribution in [3.63, 3.8) is 0 Å². The summed E-state index contributed by atoms with van der Waals surface area (Å²) < 4.78 is 18.9. The molecule has 1 N–H and O–H groups in total. The summed E-state index contributed by atoms with van der Waals surface area (Å²) in [6.07, 6.45) is 1.49. The van der Waals surface area contributed by atoms with Gasteiger partial charge in [-0.15, -0.1) is 0 Å². The fraction of sp³-hybridized carbons (Fsp3) is 0.0625. The molecule has 0 amide bonds. The van der Waals surface area contributed by atoms with Crippen LogP contribution in [0.5, 0.6) is 11.5 Å². The number of nitrogens with zero attached hydrogens (tertiary/aromatic N) is 3. The van der Waals surface area contributed by atoms with E-state index in [1.807, 2.05) is 0 Å². The molecule has 0 aliphatic carbocycles. The third-order valence-electron chi connectivity index (χ3n) is 6.58. The summed E-state index contributed by atoms with van der Waals surface area (Å²) in [5, 5.41) is 15.4. The number of aromatic nitrogens is 2. The molecule has 42 heavy (non-hydrogen) atoms. The lowest BCUT2D eigenvalue weighted by molar-refractivity contribution is 0.0697. The number of furan rings is 1. The molecule has 0 bridgehead atoms.